The van der Waals surface area contributed by atoms with E-state index in [4.69, 9.17) is 0 Å². The van der Waals surface area contributed by atoms with Crippen LogP contribution in [-0.4, -0.2) is 18.8 Å². The van der Waals surface area contributed by atoms with Gasteiger partial charge in [0.2, 0.25) is 0 Å². The first-order valence-electron chi connectivity index (χ1n) is 5.15. The summed E-state index contributed by atoms with van der Waals surface area (Å²) in [5.41, 5.74) is 0.791. The number of urea groups is 1. The zero-order valence-electron chi connectivity index (χ0n) is 9.51. The Morgan fingerprint density at radius 2 is 2.00 bits per heavy atom. The molecule has 2 amide bonds. The van der Waals surface area contributed by atoms with E-state index in [2.05, 4.69) is 21.2 Å². The van der Waals surface area contributed by atoms with E-state index in [1.165, 1.54) is 0 Å². The van der Waals surface area contributed by atoms with Crippen molar-refractivity contribution in [2.75, 3.05) is 6.54 Å². The van der Waals surface area contributed by atoms with Crippen molar-refractivity contribution >= 4 is 22.0 Å². The van der Waals surface area contributed by atoms with E-state index < -0.39 is 24.8 Å². The Labute approximate surface area is 111 Å². The van der Waals surface area contributed by atoms with Crippen LogP contribution in [0.3, 0.4) is 0 Å². The highest BCUT2D eigenvalue weighted by Gasteiger charge is 2.27. The van der Waals surface area contributed by atoms with Gasteiger partial charge in [-0.3, -0.25) is 0 Å². The summed E-state index contributed by atoms with van der Waals surface area (Å²) in [5.74, 6) is 0. The number of amides is 2. The van der Waals surface area contributed by atoms with Crippen molar-refractivity contribution < 1.29 is 18.0 Å². The molecule has 1 atom stereocenters. The minimum Gasteiger partial charge on any atom is -0.332 e. The minimum atomic E-state index is -4.41. The molecule has 0 heterocycles. The summed E-state index contributed by atoms with van der Waals surface area (Å²) >= 11 is 3.31. The molecule has 1 unspecified atom stereocenters. The Morgan fingerprint density at radius 1 is 1.39 bits per heavy atom. The first-order chi connectivity index (χ1) is 8.29. The standard InChI is InChI=1S/C11H12BrF3N2O/c1-7(8-4-2-3-5-9(8)12)17-10(18)16-6-11(13,14)15/h2-5,7H,6H2,1H3,(H2,16,17,18). The van der Waals surface area contributed by atoms with Gasteiger partial charge in [0.1, 0.15) is 6.54 Å². The van der Waals surface area contributed by atoms with Gasteiger partial charge in [-0.25, -0.2) is 4.79 Å². The van der Waals surface area contributed by atoms with Gasteiger partial charge in [-0.1, -0.05) is 34.1 Å². The average Bonchev–Trinajstić information content (AvgIpc) is 2.26. The topological polar surface area (TPSA) is 41.1 Å². The Morgan fingerprint density at radius 3 is 2.56 bits per heavy atom. The summed E-state index contributed by atoms with van der Waals surface area (Å²) in [6.45, 7) is 0.342. The van der Waals surface area contributed by atoms with Gasteiger partial charge in [0.25, 0.3) is 0 Å². The summed E-state index contributed by atoms with van der Waals surface area (Å²) in [5, 5.41) is 4.18. The number of hydrogen-bond acceptors (Lipinski definition) is 1. The molecule has 7 heteroatoms. The molecule has 0 radical (unpaired) electrons. The molecule has 2 N–H and O–H groups in total. The molecule has 0 aliphatic carbocycles. The third-order valence-corrected chi connectivity index (χ3v) is 2.89. The number of alkyl halides is 3. The van der Waals surface area contributed by atoms with Gasteiger partial charge in [-0.15, -0.1) is 0 Å². The highest BCUT2D eigenvalue weighted by Crippen LogP contribution is 2.22. The van der Waals surface area contributed by atoms with Gasteiger partial charge in [-0.2, -0.15) is 13.2 Å². The van der Waals surface area contributed by atoms with E-state index in [0.29, 0.717) is 0 Å². The molecule has 0 bridgehead atoms. The van der Waals surface area contributed by atoms with Crippen molar-refractivity contribution in [3.63, 3.8) is 0 Å². The summed E-state index contributed by atoms with van der Waals surface area (Å²) in [6.07, 6.45) is -4.41. The zero-order valence-corrected chi connectivity index (χ0v) is 11.1. The normalized spacial score (nSPS) is 12.9. The van der Waals surface area contributed by atoms with Crippen molar-refractivity contribution in [2.24, 2.45) is 0 Å². The largest absolute Gasteiger partial charge is 0.405 e. The number of carbonyl (C=O) groups excluding carboxylic acids is 1. The molecular weight excluding hydrogens is 313 g/mol. The van der Waals surface area contributed by atoms with Crippen molar-refractivity contribution in [1.82, 2.24) is 10.6 Å². The lowest BCUT2D eigenvalue weighted by atomic mass is 10.1. The number of hydrogen-bond donors (Lipinski definition) is 2. The summed E-state index contributed by atoms with van der Waals surface area (Å²) in [6, 6.07) is 5.92. The van der Waals surface area contributed by atoms with Crippen LogP contribution in [0.5, 0.6) is 0 Å². The molecule has 0 spiro atoms. The fourth-order valence-corrected chi connectivity index (χ4v) is 1.96. The van der Waals surface area contributed by atoms with Crippen LogP contribution in [0.4, 0.5) is 18.0 Å². The highest BCUT2D eigenvalue weighted by atomic mass is 79.9. The van der Waals surface area contributed by atoms with Gasteiger partial charge in [0.15, 0.2) is 0 Å². The Hall–Kier alpha value is -1.24. The lowest BCUT2D eigenvalue weighted by Crippen LogP contribution is -2.41. The first kappa shape index (κ1) is 14.8. The van der Waals surface area contributed by atoms with Crippen LogP contribution in [-0.2, 0) is 0 Å². The molecule has 0 fully saturated rings. The molecular formula is C11H12BrF3N2O. The molecule has 0 aliphatic heterocycles. The Bertz CT molecular complexity index is 423. The highest BCUT2D eigenvalue weighted by molar-refractivity contribution is 9.10. The zero-order chi connectivity index (χ0) is 13.8. The molecule has 0 saturated heterocycles. The number of carbonyl (C=O) groups is 1. The third-order valence-electron chi connectivity index (χ3n) is 2.17. The maximum atomic E-state index is 11.9. The number of benzene rings is 1. The van der Waals surface area contributed by atoms with Gasteiger partial charge in [-0.05, 0) is 18.6 Å². The smallest absolute Gasteiger partial charge is 0.332 e. The first-order valence-corrected chi connectivity index (χ1v) is 5.94. The van der Waals surface area contributed by atoms with Crippen LogP contribution in [0.25, 0.3) is 0 Å². The summed E-state index contributed by atoms with van der Waals surface area (Å²) in [7, 11) is 0. The summed E-state index contributed by atoms with van der Waals surface area (Å²) < 4.78 is 36.5. The van der Waals surface area contributed by atoms with E-state index in [-0.39, 0.29) is 0 Å². The maximum absolute atomic E-state index is 11.9. The molecule has 1 rings (SSSR count). The Kier molecular flexibility index (Phi) is 5.01. The fraction of sp³-hybridized carbons (Fsp3) is 0.364. The van der Waals surface area contributed by atoms with Crippen LogP contribution in [0.2, 0.25) is 0 Å². The molecule has 1 aromatic carbocycles. The molecule has 0 aromatic heterocycles. The molecule has 18 heavy (non-hydrogen) atoms. The van der Waals surface area contributed by atoms with Crippen molar-refractivity contribution in [2.45, 2.75) is 19.1 Å². The lowest BCUT2D eigenvalue weighted by molar-refractivity contribution is -0.122. The predicted molar refractivity (Wildman–Crippen MR) is 65.1 cm³/mol. The van der Waals surface area contributed by atoms with Crippen LogP contribution in [0.1, 0.15) is 18.5 Å². The predicted octanol–water partition coefficient (Wildman–Crippen LogP) is 3.37. The SMILES string of the molecule is CC(NC(=O)NCC(F)(F)F)c1ccccc1Br. The van der Waals surface area contributed by atoms with Gasteiger partial charge in [0, 0.05) is 4.47 Å². The van der Waals surface area contributed by atoms with Crippen molar-refractivity contribution in [1.29, 1.82) is 0 Å². The van der Waals surface area contributed by atoms with E-state index in [0.717, 1.165) is 10.0 Å². The second kappa shape index (κ2) is 6.08. The molecule has 1 aromatic rings. The number of nitrogens with one attached hydrogen (secondary N) is 2. The van der Waals surface area contributed by atoms with E-state index >= 15 is 0 Å². The Balaban J connectivity index is 2.53. The third kappa shape index (κ3) is 4.95. The summed E-state index contributed by atoms with van der Waals surface area (Å²) in [4.78, 5) is 11.2. The van der Waals surface area contributed by atoms with Crippen molar-refractivity contribution in [3.05, 3.63) is 34.3 Å². The second-order valence-electron chi connectivity index (χ2n) is 3.69. The number of rotatable bonds is 3. The van der Waals surface area contributed by atoms with Crippen LogP contribution in [0.15, 0.2) is 28.7 Å². The van der Waals surface area contributed by atoms with Crippen LogP contribution >= 0.6 is 15.9 Å². The van der Waals surface area contributed by atoms with Gasteiger partial charge < -0.3 is 10.6 Å². The molecule has 0 aliphatic rings. The number of halogens is 4. The lowest BCUT2D eigenvalue weighted by Gasteiger charge is -2.16. The van der Waals surface area contributed by atoms with Gasteiger partial charge >= 0.3 is 12.2 Å². The molecule has 3 nitrogen and oxygen atoms in total. The quantitative estimate of drug-likeness (QED) is 0.879. The van der Waals surface area contributed by atoms with Crippen LogP contribution in [0, 0.1) is 0 Å². The second-order valence-corrected chi connectivity index (χ2v) is 4.54. The fourth-order valence-electron chi connectivity index (χ4n) is 1.33. The molecule has 100 valence electrons. The average molecular weight is 325 g/mol. The maximum Gasteiger partial charge on any atom is 0.405 e. The van der Waals surface area contributed by atoms with Crippen molar-refractivity contribution in [3.8, 4) is 0 Å². The van der Waals surface area contributed by atoms with E-state index in [1.807, 2.05) is 6.07 Å². The van der Waals surface area contributed by atoms with Crippen LogP contribution < -0.4 is 10.6 Å². The molecule has 0 saturated carbocycles. The van der Waals surface area contributed by atoms with E-state index in [9.17, 15) is 18.0 Å². The van der Waals surface area contributed by atoms with Gasteiger partial charge in [0.05, 0.1) is 6.04 Å². The van der Waals surface area contributed by atoms with E-state index in [1.54, 1.807) is 30.4 Å². The monoisotopic (exact) mass is 324 g/mol. The minimum absolute atomic E-state index is 0.395.